The van der Waals surface area contributed by atoms with Gasteiger partial charge in [0.05, 0.1) is 17.9 Å². The van der Waals surface area contributed by atoms with E-state index in [0.717, 1.165) is 29.3 Å². The highest BCUT2D eigenvalue weighted by Crippen LogP contribution is 2.23. The molecule has 0 fully saturated rings. The first-order chi connectivity index (χ1) is 10.4. The fourth-order valence-corrected chi connectivity index (χ4v) is 1.90. The number of anilines is 1. The smallest absolute Gasteiger partial charge is 0.321 e. The topological polar surface area (TPSA) is 45.2 Å². The Balaban J connectivity index is 2.16. The molecule has 0 aliphatic rings. The van der Waals surface area contributed by atoms with E-state index in [1.54, 1.807) is 6.92 Å². The number of benzene rings is 1. The van der Waals surface area contributed by atoms with Gasteiger partial charge in [0.15, 0.2) is 5.82 Å². The zero-order valence-electron chi connectivity index (χ0n) is 12.0. The Labute approximate surface area is 125 Å². The van der Waals surface area contributed by atoms with Gasteiger partial charge in [-0.2, -0.15) is 0 Å². The maximum Gasteiger partial charge on any atom is 0.322 e. The number of rotatable bonds is 3. The summed E-state index contributed by atoms with van der Waals surface area (Å²) < 4.78 is 40.4. The monoisotopic (exact) mass is 309 g/mol. The maximum atomic E-state index is 13.7. The molecular weight excluding hydrogens is 295 g/mol. The number of carbonyl (C=O) groups is 1. The van der Waals surface area contributed by atoms with Gasteiger partial charge in [0.1, 0.15) is 11.6 Å². The quantitative estimate of drug-likeness (QED) is 0.939. The van der Waals surface area contributed by atoms with Gasteiger partial charge in [0.2, 0.25) is 0 Å². The lowest BCUT2D eigenvalue weighted by Gasteiger charge is -2.26. The highest BCUT2D eigenvalue weighted by Gasteiger charge is 2.21. The number of hydrogen-bond acceptors (Lipinski definition) is 2. The van der Waals surface area contributed by atoms with E-state index in [1.807, 2.05) is 0 Å². The van der Waals surface area contributed by atoms with Crippen molar-refractivity contribution in [1.29, 1.82) is 0 Å². The van der Waals surface area contributed by atoms with Crippen LogP contribution in [0.5, 0.6) is 0 Å². The van der Waals surface area contributed by atoms with Crippen molar-refractivity contribution >= 4 is 11.7 Å². The summed E-state index contributed by atoms with van der Waals surface area (Å²) in [5.41, 5.74) is -0.00776. The number of carbonyl (C=O) groups excluding carboxylic acids is 1. The molecule has 4 nitrogen and oxygen atoms in total. The Morgan fingerprint density at radius 1 is 1.23 bits per heavy atom. The van der Waals surface area contributed by atoms with Crippen molar-refractivity contribution in [2.45, 2.75) is 13.0 Å². The predicted molar refractivity (Wildman–Crippen MR) is 75.7 cm³/mol. The average Bonchev–Trinajstić information content (AvgIpc) is 2.50. The van der Waals surface area contributed by atoms with Crippen LogP contribution in [-0.2, 0) is 0 Å². The molecule has 0 unspecified atom stereocenters. The molecule has 116 valence electrons. The van der Waals surface area contributed by atoms with Gasteiger partial charge >= 0.3 is 6.03 Å². The minimum atomic E-state index is -0.736. The van der Waals surface area contributed by atoms with Crippen LogP contribution >= 0.6 is 0 Å². The number of nitrogens with zero attached hydrogens (tertiary/aromatic N) is 2. The molecule has 0 saturated carbocycles. The molecule has 7 heteroatoms. The second kappa shape index (κ2) is 6.46. The Kier molecular flexibility index (Phi) is 4.65. The summed E-state index contributed by atoms with van der Waals surface area (Å²) in [7, 11) is 1.41. The van der Waals surface area contributed by atoms with Crippen molar-refractivity contribution in [3.63, 3.8) is 0 Å². The van der Waals surface area contributed by atoms with Crippen LogP contribution in [0.1, 0.15) is 18.5 Å². The van der Waals surface area contributed by atoms with Gasteiger partial charge < -0.3 is 10.2 Å². The summed E-state index contributed by atoms with van der Waals surface area (Å²) in [6.07, 6.45) is 2.29. The van der Waals surface area contributed by atoms with E-state index in [0.29, 0.717) is 0 Å². The highest BCUT2D eigenvalue weighted by atomic mass is 19.1. The molecule has 1 heterocycles. The number of hydrogen-bond donors (Lipinski definition) is 1. The lowest BCUT2D eigenvalue weighted by atomic mass is 10.1. The van der Waals surface area contributed by atoms with Gasteiger partial charge in [0.25, 0.3) is 0 Å². The summed E-state index contributed by atoms with van der Waals surface area (Å²) in [5.74, 6) is -1.91. The standard InChI is InChI=1S/C15H14F3N3O/c1-9(11-7-10(16)3-4-12(11)17)21(2)15(22)20-14-5-6-19-8-13(14)18/h3-9H,1-2H3,(H,19,20,22)/t9-/m0/s1. The van der Waals surface area contributed by atoms with E-state index < -0.39 is 29.5 Å². The van der Waals surface area contributed by atoms with E-state index in [-0.39, 0.29) is 11.3 Å². The molecule has 1 N–H and O–H groups in total. The molecule has 0 saturated heterocycles. The minimum absolute atomic E-state index is 0.0350. The Bertz CT molecular complexity index is 693. The molecule has 2 rings (SSSR count). The van der Waals surface area contributed by atoms with Crippen LogP contribution in [0.25, 0.3) is 0 Å². The van der Waals surface area contributed by atoms with Crippen molar-refractivity contribution in [2.75, 3.05) is 12.4 Å². The summed E-state index contributed by atoms with van der Waals surface area (Å²) in [6, 6.07) is 2.93. The van der Waals surface area contributed by atoms with Gasteiger partial charge in [-0.05, 0) is 31.2 Å². The lowest BCUT2D eigenvalue weighted by Crippen LogP contribution is -2.34. The van der Waals surface area contributed by atoms with Gasteiger partial charge in [-0.15, -0.1) is 0 Å². The second-order valence-corrected chi connectivity index (χ2v) is 4.74. The van der Waals surface area contributed by atoms with Crippen LogP contribution in [0, 0.1) is 17.5 Å². The number of aromatic nitrogens is 1. The van der Waals surface area contributed by atoms with Gasteiger partial charge in [-0.3, -0.25) is 4.98 Å². The van der Waals surface area contributed by atoms with E-state index in [4.69, 9.17) is 0 Å². The third kappa shape index (κ3) is 3.36. The normalized spacial score (nSPS) is 11.9. The molecule has 1 aromatic carbocycles. The van der Waals surface area contributed by atoms with E-state index >= 15 is 0 Å². The van der Waals surface area contributed by atoms with Crippen LogP contribution in [0.4, 0.5) is 23.7 Å². The number of amides is 2. The first-order valence-electron chi connectivity index (χ1n) is 6.48. The van der Waals surface area contributed by atoms with E-state index in [1.165, 1.54) is 19.3 Å². The molecule has 22 heavy (non-hydrogen) atoms. The second-order valence-electron chi connectivity index (χ2n) is 4.74. The molecule has 1 aromatic heterocycles. The summed E-state index contributed by atoms with van der Waals surface area (Å²) in [5, 5.41) is 2.35. The third-order valence-electron chi connectivity index (χ3n) is 3.32. The Morgan fingerprint density at radius 3 is 2.64 bits per heavy atom. The summed E-state index contributed by atoms with van der Waals surface area (Å²) >= 11 is 0. The average molecular weight is 309 g/mol. The molecular formula is C15H14F3N3O. The van der Waals surface area contributed by atoms with Gasteiger partial charge in [-0.25, -0.2) is 18.0 Å². The fourth-order valence-electron chi connectivity index (χ4n) is 1.90. The molecule has 2 aromatic rings. The zero-order valence-corrected chi connectivity index (χ0v) is 12.0. The van der Waals surface area contributed by atoms with Crippen LogP contribution in [-0.4, -0.2) is 23.0 Å². The molecule has 0 radical (unpaired) electrons. The third-order valence-corrected chi connectivity index (χ3v) is 3.32. The van der Waals surface area contributed by atoms with Crippen molar-refractivity contribution < 1.29 is 18.0 Å². The summed E-state index contributed by atoms with van der Waals surface area (Å²) in [6.45, 7) is 1.54. The van der Waals surface area contributed by atoms with Crippen molar-refractivity contribution in [2.24, 2.45) is 0 Å². The summed E-state index contributed by atoms with van der Waals surface area (Å²) in [4.78, 5) is 16.8. The van der Waals surface area contributed by atoms with Gasteiger partial charge in [0, 0.05) is 18.8 Å². The zero-order chi connectivity index (χ0) is 16.3. The van der Waals surface area contributed by atoms with Crippen molar-refractivity contribution in [3.05, 3.63) is 59.7 Å². The van der Waals surface area contributed by atoms with Crippen LogP contribution < -0.4 is 5.32 Å². The van der Waals surface area contributed by atoms with Crippen molar-refractivity contribution in [1.82, 2.24) is 9.88 Å². The Hall–Kier alpha value is -2.57. The van der Waals surface area contributed by atoms with E-state index in [9.17, 15) is 18.0 Å². The van der Waals surface area contributed by atoms with Crippen LogP contribution in [0.3, 0.4) is 0 Å². The largest absolute Gasteiger partial charge is 0.322 e. The first-order valence-corrected chi connectivity index (χ1v) is 6.48. The number of halogens is 3. The van der Waals surface area contributed by atoms with Crippen LogP contribution in [0.15, 0.2) is 36.7 Å². The maximum absolute atomic E-state index is 13.7. The highest BCUT2D eigenvalue weighted by molar-refractivity contribution is 5.89. The molecule has 0 spiro atoms. The van der Waals surface area contributed by atoms with Crippen LogP contribution in [0.2, 0.25) is 0 Å². The molecule has 0 bridgehead atoms. The fraction of sp³-hybridized carbons (Fsp3) is 0.200. The van der Waals surface area contributed by atoms with Crippen molar-refractivity contribution in [3.8, 4) is 0 Å². The number of urea groups is 1. The SMILES string of the molecule is C[C@@H](c1cc(F)ccc1F)N(C)C(=O)Nc1ccncc1F. The predicted octanol–water partition coefficient (Wildman–Crippen LogP) is 3.72. The molecule has 2 amide bonds. The molecule has 0 aliphatic heterocycles. The minimum Gasteiger partial charge on any atom is -0.321 e. The molecule has 0 aliphatic carbocycles. The Morgan fingerprint density at radius 2 is 1.95 bits per heavy atom. The number of pyridine rings is 1. The van der Waals surface area contributed by atoms with E-state index in [2.05, 4.69) is 10.3 Å². The first kappa shape index (κ1) is 15.8. The molecule has 1 atom stereocenters. The number of nitrogens with one attached hydrogen (secondary N) is 1. The lowest BCUT2D eigenvalue weighted by molar-refractivity contribution is 0.207. The van der Waals surface area contributed by atoms with Gasteiger partial charge in [-0.1, -0.05) is 0 Å².